The summed E-state index contributed by atoms with van der Waals surface area (Å²) in [6.45, 7) is 9.42. The highest BCUT2D eigenvalue weighted by Crippen LogP contribution is 2.31. The SMILES string of the molecule is C=CCNC(=NC)NCCCCN1CCN(c2cccc(C(F)(F)F)c2)CC1.I. The molecule has 0 amide bonds. The molecule has 1 aromatic carbocycles. The first-order chi connectivity index (χ1) is 13.4. The Balaban J connectivity index is 0.00000420. The zero-order chi connectivity index (χ0) is 20.4. The minimum Gasteiger partial charge on any atom is -0.369 e. The highest BCUT2D eigenvalue weighted by molar-refractivity contribution is 14.0. The van der Waals surface area contributed by atoms with Crippen molar-refractivity contribution in [2.45, 2.75) is 19.0 Å². The summed E-state index contributed by atoms with van der Waals surface area (Å²) in [7, 11) is 1.74. The van der Waals surface area contributed by atoms with Crippen LogP contribution in [0.1, 0.15) is 18.4 Å². The van der Waals surface area contributed by atoms with Crippen LogP contribution in [-0.4, -0.2) is 63.7 Å². The topological polar surface area (TPSA) is 42.9 Å². The molecule has 0 aliphatic carbocycles. The third-order valence-corrected chi connectivity index (χ3v) is 4.74. The van der Waals surface area contributed by atoms with E-state index in [1.54, 1.807) is 19.2 Å². The molecule has 164 valence electrons. The molecule has 0 unspecified atom stereocenters. The van der Waals surface area contributed by atoms with E-state index in [1.165, 1.54) is 12.1 Å². The molecule has 1 aliphatic rings. The van der Waals surface area contributed by atoms with E-state index in [9.17, 15) is 13.2 Å². The predicted octanol–water partition coefficient (Wildman–Crippen LogP) is 3.58. The van der Waals surface area contributed by atoms with Crippen molar-refractivity contribution < 1.29 is 13.2 Å². The Morgan fingerprint density at radius 2 is 1.90 bits per heavy atom. The summed E-state index contributed by atoms with van der Waals surface area (Å²) in [5.74, 6) is 0.773. The normalized spacial score (nSPS) is 15.6. The van der Waals surface area contributed by atoms with Crippen molar-refractivity contribution in [3.8, 4) is 0 Å². The van der Waals surface area contributed by atoms with Gasteiger partial charge < -0.3 is 15.5 Å². The lowest BCUT2D eigenvalue weighted by atomic mass is 10.1. The fourth-order valence-electron chi connectivity index (χ4n) is 3.17. The van der Waals surface area contributed by atoms with Gasteiger partial charge in [-0.3, -0.25) is 9.89 Å². The number of anilines is 1. The summed E-state index contributed by atoms with van der Waals surface area (Å²) < 4.78 is 38.7. The quantitative estimate of drug-likeness (QED) is 0.179. The number of nitrogens with zero attached hydrogens (tertiary/aromatic N) is 3. The number of halogens is 4. The zero-order valence-electron chi connectivity index (χ0n) is 16.8. The Labute approximate surface area is 188 Å². The Hall–Kier alpha value is -1.49. The molecule has 1 heterocycles. The smallest absolute Gasteiger partial charge is 0.369 e. The fourth-order valence-corrected chi connectivity index (χ4v) is 3.17. The van der Waals surface area contributed by atoms with Crippen LogP contribution in [0, 0.1) is 0 Å². The van der Waals surface area contributed by atoms with E-state index in [4.69, 9.17) is 0 Å². The minimum atomic E-state index is -4.30. The molecule has 2 N–H and O–H groups in total. The van der Waals surface area contributed by atoms with Crippen LogP contribution in [0.5, 0.6) is 0 Å². The van der Waals surface area contributed by atoms with E-state index < -0.39 is 11.7 Å². The average Bonchev–Trinajstić information content (AvgIpc) is 2.70. The maximum atomic E-state index is 12.9. The number of hydrogen-bond donors (Lipinski definition) is 2. The Morgan fingerprint density at radius 1 is 1.17 bits per heavy atom. The first kappa shape index (κ1) is 25.5. The maximum Gasteiger partial charge on any atom is 0.416 e. The number of aliphatic imine (C=N–C) groups is 1. The number of hydrogen-bond acceptors (Lipinski definition) is 3. The van der Waals surface area contributed by atoms with Gasteiger partial charge in [-0.1, -0.05) is 12.1 Å². The van der Waals surface area contributed by atoms with Crippen LogP contribution in [0.15, 0.2) is 41.9 Å². The van der Waals surface area contributed by atoms with Gasteiger partial charge in [-0.2, -0.15) is 13.2 Å². The van der Waals surface area contributed by atoms with Crippen molar-refractivity contribution in [1.82, 2.24) is 15.5 Å². The van der Waals surface area contributed by atoms with Crippen molar-refractivity contribution in [3.05, 3.63) is 42.5 Å². The Bertz CT molecular complexity index is 643. The summed E-state index contributed by atoms with van der Waals surface area (Å²) in [5.41, 5.74) is 0.0644. The van der Waals surface area contributed by atoms with Gasteiger partial charge in [0.25, 0.3) is 0 Å². The van der Waals surface area contributed by atoms with Gasteiger partial charge in [0.2, 0.25) is 0 Å². The molecular weight excluding hydrogens is 494 g/mol. The molecule has 2 rings (SSSR count). The van der Waals surface area contributed by atoms with Gasteiger partial charge in [0.05, 0.1) is 5.56 Å². The molecular formula is C20H31F3IN5. The van der Waals surface area contributed by atoms with Crippen LogP contribution >= 0.6 is 24.0 Å². The third kappa shape index (κ3) is 8.81. The van der Waals surface area contributed by atoms with Crippen LogP contribution in [0.2, 0.25) is 0 Å². The molecule has 1 aromatic rings. The number of nitrogens with one attached hydrogen (secondary N) is 2. The standard InChI is InChI=1S/C20H30F3N5.HI/c1-3-9-25-19(24-2)26-10-4-5-11-27-12-14-28(15-13-27)18-8-6-7-17(16-18)20(21,22)23;/h3,6-8,16H,1,4-5,9-15H2,2H3,(H2,24,25,26);1H. The first-order valence-corrected chi connectivity index (χ1v) is 9.64. The number of piperazine rings is 1. The lowest BCUT2D eigenvalue weighted by molar-refractivity contribution is -0.137. The highest BCUT2D eigenvalue weighted by atomic mass is 127. The molecule has 1 aliphatic heterocycles. The van der Waals surface area contributed by atoms with Crippen molar-refractivity contribution >= 4 is 35.6 Å². The molecule has 0 aromatic heterocycles. The molecule has 0 radical (unpaired) electrons. The Kier molecular flexibility index (Phi) is 11.4. The van der Waals surface area contributed by atoms with Gasteiger partial charge in [0.15, 0.2) is 5.96 Å². The van der Waals surface area contributed by atoms with Crippen LogP contribution in [0.3, 0.4) is 0 Å². The molecule has 0 saturated carbocycles. The van der Waals surface area contributed by atoms with Crippen LogP contribution < -0.4 is 15.5 Å². The summed E-state index contributed by atoms with van der Waals surface area (Å²) in [5, 5.41) is 6.39. The predicted molar refractivity (Wildman–Crippen MR) is 124 cm³/mol. The second-order valence-corrected chi connectivity index (χ2v) is 6.75. The largest absolute Gasteiger partial charge is 0.416 e. The monoisotopic (exact) mass is 525 g/mol. The van der Waals surface area contributed by atoms with Gasteiger partial charge >= 0.3 is 6.18 Å². The molecule has 0 bridgehead atoms. The molecule has 29 heavy (non-hydrogen) atoms. The van der Waals surface area contributed by atoms with Crippen LogP contribution in [-0.2, 0) is 6.18 Å². The van der Waals surface area contributed by atoms with Gasteiger partial charge in [0, 0.05) is 52.0 Å². The first-order valence-electron chi connectivity index (χ1n) is 9.64. The summed E-state index contributed by atoms with van der Waals surface area (Å²) >= 11 is 0. The van der Waals surface area contributed by atoms with Gasteiger partial charge in [0.1, 0.15) is 0 Å². The van der Waals surface area contributed by atoms with Crippen molar-refractivity contribution in [2.24, 2.45) is 4.99 Å². The van der Waals surface area contributed by atoms with Crippen LogP contribution in [0.25, 0.3) is 0 Å². The second kappa shape index (κ2) is 12.9. The maximum absolute atomic E-state index is 12.9. The second-order valence-electron chi connectivity index (χ2n) is 6.75. The van der Waals surface area contributed by atoms with Gasteiger partial charge in [-0.25, -0.2) is 0 Å². The number of unbranched alkanes of at least 4 members (excludes halogenated alkanes) is 1. The zero-order valence-corrected chi connectivity index (χ0v) is 19.2. The Morgan fingerprint density at radius 3 is 2.52 bits per heavy atom. The van der Waals surface area contributed by atoms with E-state index in [0.29, 0.717) is 12.2 Å². The van der Waals surface area contributed by atoms with E-state index >= 15 is 0 Å². The molecule has 0 atom stereocenters. The molecule has 5 nitrogen and oxygen atoms in total. The van der Waals surface area contributed by atoms with E-state index in [0.717, 1.165) is 64.1 Å². The number of rotatable bonds is 8. The van der Waals surface area contributed by atoms with E-state index in [1.807, 2.05) is 4.90 Å². The third-order valence-electron chi connectivity index (χ3n) is 4.74. The summed E-state index contributed by atoms with van der Waals surface area (Å²) in [6.07, 6.45) is -0.418. The summed E-state index contributed by atoms with van der Waals surface area (Å²) in [4.78, 5) is 8.53. The molecule has 9 heteroatoms. The molecule has 1 fully saturated rings. The lowest BCUT2D eigenvalue weighted by Gasteiger charge is -2.36. The highest BCUT2D eigenvalue weighted by Gasteiger charge is 2.31. The van der Waals surface area contributed by atoms with Crippen molar-refractivity contribution in [1.29, 1.82) is 0 Å². The lowest BCUT2D eigenvalue weighted by Crippen LogP contribution is -2.46. The van der Waals surface area contributed by atoms with E-state index in [-0.39, 0.29) is 24.0 Å². The molecule has 1 saturated heterocycles. The van der Waals surface area contributed by atoms with Gasteiger partial charge in [-0.15, -0.1) is 30.6 Å². The van der Waals surface area contributed by atoms with Gasteiger partial charge in [-0.05, 0) is 37.6 Å². The fraction of sp³-hybridized carbons (Fsp3) is 0.550. The average molecular weight is 525 g/mol. The minimum absolute atomic E-state index is 0. The summed E-state index contributed by atoms with van der Waals surface area (Å²) in [6, 6.07) is 5.60. The van der Waals surface area contributed by atoms with Crippen molar-refractivity contribution in [2.75, 3.05) is 57.8 Å². The van der Waals surface area contributed by atoms with Crippen molar-refractivity contribution in [3.63, 3.8) is 0 Å². The van der Waals surface area contributed by atoms with Crippen LogP contribution in [0.4, 0.5) is 18.9 Å². The number of alkyl halides is 3. The molecule has 0 spiro atoms. The number of guanidine groups is 1. The number of benzene rings is 1. The van der Waals surface area contributed by atoms with E-state index in [2.05, 4.69) is 27.1 Å².